The van der Waals surface area contributed by atoms with Gasteiger partial charge in [0.1, 0.15) is 17.4 Å². The van der Waals surface area contributed by atoms with Gasteiger partial charge in [-0.05, 0) is 40.5 Å². The number of benzene rings is 1. The van der Waals surface area contributed by atoms with Crippen LogP contribution < -0.4 is 10.5 Å². The maximum absolute atomic E-state index is 12.7. The molecule has 1 aromatic carbocycles. The minimum atomic E-state index is -0.323. The van der Waals surface area contributed by atoms with Crippen LogP contribution in [0, 0.1) is 5.82 Å². The number of nitrogens with two attached hydrogens (primary N) is 1. The molecule has 3 N–H and O–H groups in total. The smallest absolute Gasteiger partial charge is 0.139 e. The molecule has 0 saturated carbocycles. The molecule has 4 nitrogen and oxygen atoms in total. The summed E-state index contributed by atoms with van der Waals surface area (Å²) in [4.78, 5) is 0. The number of oxime groups is 1. The van der Waals surface area contributed by atoms with Crippen molar-refractivity contribution >= 4 is 21.8 Å². The van der Waals surface area contributed by atoms with Crippen molar-refractivity contribution in [1.29, 1.82) is 0 Å². The molecule has 1 aromatic rings. The quantitative estimate of drug-likeness (QED) is 0.288. The van der Waals surface area contributed by atoms with Crippen molar-refractivity contribution < 1.29 is 14.3 Å². The minimum absolute atomic E-state index is 0.168. The maximum Gasteiger partial charge on any atom is 0.139 e. The topological polar surface area (TPSA) is 67.8 Å². The first-order valence-corrected chi connectivity index (χ1v) is 5.47. The van der Waals surface area contributed by atoms with Gasteiger partial charge in [-0.3, -0.25) is 0 Å². The lowest BCUT2D eigenvalue weighted by molar-refractivity contribution is 0.304. The van der Waals surface area contributed by atoms with E-state index in [0.717, 1.165) is 0 Å². The molecule has 0 radical (unpaired) electrons. The van der Waals surface area contributed by atoms with Gasteiger partial charge in [-0.2, -0.15) is 0 Å². The number of rotatable bonds is 5. The second kappa shape index (κ2) is 6.32. The van der Waals surface area contributed by atoms with Crippen molar-refractivity contribution in [3.05, 3.63) is 28.5 Å². The van der Waals surface area contributed by atoms with Gasteiger partial charge in [0.05, 0.1) is 11.1 Å². The molecule has 1 rings (SSSR count). The van der Waals surface area contributed by atoms with E-state index in [-0.39, 0.29) is 11.7 Å². The van der Waals surface area contributed by atoms with Crippen molar-refractivity contribution in [2.45, 2.75) is 12.8 Å². The highest BCUT2D eigenvalue weighted by atomic mass is 79.9. The van der Waals surface area contributed by atoms with Gasteiger partial charge >= 0.3 is 0 Å². The summed E-state index contributed by atoms with van der Waals surface area (Å²) in [7, 11) is 0. The fourth-order valence-electron chi connectivity index (χ4n) is 1.08. The second-order valence-corrected chi connectivity index (χ2v) is 3.97. The molecule has 0 aliphatic heterocycles. The van der Waals surface area contributed by atoms with E-state index in [4.69, 9.17) is 15.7 Å². The van der Waals surface area contributed by atoms with Gasteiger partial charge < -0.3 is 15.7 Å². The summed E-state index contributed by atoms with van der Waals surface area (Å²) in [6.45, 7) is 0.417. The van der Waals surface area contributed by atoms with Crippen LogP contribution in [0.4, 0.5) is 4.39 Å². The van der Waals surface area contributed by atoms with E-state index >= 15 is 0 Å². The van der Waals surface area contributed by atoms with Crippen LogP contribution in [-0.2, 0) is 0 Å². The van der Waals surface area contributed by atoms with Gasteiger partial charge in [0.2, 0.25) is 0 Å². The van der Waals surface area contributed by atoms with E-state index in [1.54, 1.807) is 6.07 Å². The Bertz CT molecular complexity index is 385. The van der Waals surface area contributed by atoms with Crippen molar-refractivity contribution in [3.63, 3.8) is 0 Å². The summed E-state index contributed by atoms with van der Waals surface area (Å²) < 4.78 is 18.7. The van der Waals surface area contributed by atoms with Crippen molar-refractivity contribution in [1.82, 2.24) is 0 Å². The standard InChI is InChI=1S/C10H12BrFN2O2/c11-8-6-7(12)3-4-9(8)16-5-1-2-10(13)14-15/h3-4,6,15H,1-2,5H2,(H2,13,14). The third-order valence-corrected chi connectivity index (χ3v) is 2.48. The number of amidine groups is 1. The molecule has 0 atom stereocenters. The van der Waals surface area contributed by atoms with Gasteiger partial charge in [-0.25, -0.2) is 4.39 Å². The zero-order valence-electron chi connectivity index (χ0n) is 8.49. The van der Waals surface area contributed by atoms with Crippen LogP contribution in [0.3, 0.4) is 0 Å². The van der Waals surface area contributed by atoms with Crippen LogP contribution in [0.25, 0.3) is 0 Å². The first-order valence-electron chi connectivity index (χ1n) is 4.67. The fourth-order valence-corrected chi connectivity index (χ4v) is 1.54. The monoisotopic (exact) mass is 290 g/mol. The van der Waals surface area contributed by atoms with Crippen LogP contribution in [-0.4, -0.2) is 17.6 Å². The number of halogens is 2. The van der Waals surface area contributed by atoms with E-state index in [1.165, 1.54) is 12.1 Å². The number of nitrogens with zero attached hydrogens (tertiary/aromatic N) is 1. The Labute approximate surface area is 101 Å². The highest BCUT2D eigenvalue weighted by molar-refractivity contribution is 9.10. The molecular weight excluding hydrogens is 279 g/mol. The molecule has 0 spiro atoms. The molecular formula is C10H12BrFN2O2. The Morgan fingerprint density at radius 2 is 2.31 bits per heavy atom. The van der Waals surface area contributed by atoms with Crippen LogP contribution >= 0.6 is 15.9 Å². The molecule has 0 fully saturated rings. The van der Waals surface area contributed by atoms with Gasteiger partial charge in [-0.1, -0.05) is 5.16 Å². The Kier molecular flexibility index (Phi) is 5.04. The molecule has 0 aromatic heterocycles. The van der Waals surface area contributed by atoms with Crippen LogP contribution in [0.2, 0.25) is 0 Å². The number of hydrogen-bond acceptors (Lipinski definition) is 3. The lowest BCUT2D eigenvalue weighted by Gasteiger charge is -2.07. The molecule has 0 heterocycles. The zero-order valence-corrected chi connectivity index (χ0v) is 10.1. The predicted octanol–water partition coefficient (Wildman–Crippen LogP) is 2.49. The lowest BCUT2D eigenvalue weighted by Crippen LogP contribution is -2.12. The summed E-state index contributed by atoms with van der Waals surface area (Å²) >= 11 is 3.19. The van der Waals surface area contributed by atoms with Crippen molar-refractivity contribution in [2.24, 2.45) is 10.9 Å². The molecule has 88 valence electrons. The highest BCUT2D eigenvalue weighted by Gasteiger charge is 2.02. The predicted molar refractivity (Wildman–Crippen MR) is 62.2 cm³/mol. The maximum atomic E-state index is 12.7. The Balaban J connectivity index is 2.37. The van der Waals surface area contributed by atoms with E-state index in [9.17, 15) is 4.39 Å². The summed E-state index contributed by atoms with van der Waals surface area (Å²) in [5.41, 5.74) is 5.29. The fraction of sp³-hybridized carbons (Fsp3) is 0.300. The summed E-state index contributed by atoms with van der Waals surface area (Å²) in [5.74, 6) is 0.415. The first kappa shape index (κ1) is 12.8. The molecule has 16 heavy (non-hydrogen) atoms. The van der Waals surface area contributed by atoms with Crippen molar-refractivity contribution in [2.75, 3.05) is 6.61 Å². The van der Waals surface area contributed by atoms with Gasteiger partial charge in [0, 0.05) is 6.42 Å². The zero-order chi connectivity index (χ0) is 12.0. The largest absolute Gasteiger partial charge is 0.492 e. The molecule has 0 bridgehead atoms. The Hall–Kier alpha value is -1.30. The minimum Gasteiger partial charge on any atom is -0.492 e. The molecule has 0 aliphatic carbocycles. The molecule has 0 amide bonds. The van der Waals surface area contributed by atoms with Crippen molar-refractivity contribution in [3.8, 4) is 5.75 Å². The third kappa shape index (κ3) is 4.06. The molecule has 0 unspecified atom stereocenters. The Morgan fingerprint density at radius 3 is 2.94 bits per heavy atom. The van der Waals surface area contributed by atoms with E-state index in [1.807, 2.05) is 0 Å². The third-order valence-electron chi connectivity index (χ3n) is 1.86. The summed E-state index contributed by atoms with van der Waals surface area (Å²) in [5, 5.41) is 11.1. The average molecular weight is 291 g/mol. The van der Waals surface area contributed by atoms with Crippen LogP contribution in [0.5, 0.6) is 5.75 Å². The van der Waals surface area contributed by atoms with Gasteiger partial charge in [0.15, 0.2) is 0 Å². The van der Waals surface area contributed by atoms with Crippen LogP contribution in [0.1, 0.15) is 12.8 Å². The van der Waals surface area contributed by atoms with Gasteiger partial charge in [-0.15, -0.1) is 0 Å². The van der Waals surface area contributed by atoms with E-state index in [2.05, 4.69) is 21.1 Å². The average Bonchev–Trinajstić information content (AvgIpc) is 2.26. The number of hydrogen-bond donors (Lipinski definition) is 2. The van der Waals surface area contributed by atoms with Crippen LogP contribution in [0.15, 0.2) is 27.8 Å². The van der Waals surface area contributed by atoms with E-state index < -0.39 is 0 Å². The highest BCUT2D eigenvalue weighted by Crippen LogP contribution is 2.25. The SMILES string of the molecule is N/C(CCCOc1ccc(F)cc1Br)=N\O. The summed E-state index contributed by atoms with van der Waals surface area (Å²) in [6, 6.07) is 4.20. The number of ether oxygens (including phenoxy) is 1. The molecule has 6 heteroatoms. The first-order chi connectivity index (χ1) is 7.63. The normalized spacial score (nSPS) is 11.5. The lowest BCUT2D eigenvalue weighted by atomic mass is 10.3. The molecule has 0 saturated heterocycles. The Morgan fingerprint density at radius 1 is 1.56 bits per heavy atom. The second-order valence-electron chi connectivity index (χ2n) is 3.12. The van der Waals surface area contributed by atoms with Gasteiger partial charge in [0.25, 0.3) is 0 Å². The summed E-state index contributed by atoms with van der Waals surface area (Å²) in [6.07, 6.45) is 1.08. The van der Waals surface area contributed by atoms with E-state index in [0.29, 0.717) is 29.7 Å². The molecule has 0 aliphatic rings.